The number of carbonyl (C=O) groups excluding carboxylic acids is 1. The normalized spacial score (nSPS) is 41.0. The van der Waals surface area contributed by atoms with Crippen molar-refractivity contribution in [2.75, 3.05) is 26.4 Å². The summed E-state index contributed by atoms with van der Waals surface area (Å²) in [7, 11) is 0. The molecule has 31 heavy (non-hydrogen) atoms. The van der Waals surface area contributed by atoms with Crippen molar-refractivity contribution in [2.24, 2.45) is 0 Å². The summed E-state index contributed by atoms with van der Waals surface area (Å²) in [6.07, 6.45) is -15.3. The van der Waals surface area contributed by atoms with Crippen LogP contribution in [0.4, 0.5) is 0 Å². The summed E-state index contributed by atoms with van der Waals surface area (Å²) >= 11 is 0. The Morgan fingerprint density at radius 3 is 2.00 bits per heavy atom. The Morgan fingerprint density at radius 2 is 1.42 bits per heavy atom. The van der Waals surface area contributed by atoms with Gasteiger partial charge in [-0.15, -0.1) is 0 Å². The molecule has 0 amide bonds. The SMILES string of the molecule is C=C(C)C(=O)OCCOC1O[C@H](CO)[C@@H](O[C@@H]2O[C@H](CO)[C@H](O)[C@H](O)[C@H]2O)[C@H](O)[C@H]1O. The third-order valence-corrected chi connectivity index (χ3v) is 4.91. The lowest BCUT2D eigenvalue weighted by molar-refractivity contribution is -0.359. The predicted octanol–water partition coefficient (Wildman–Crippen LogP) is -4.25. The second kappa shape index (κ2) is 11.6. The van der Waals surface area contributed by atoms with Crippen LogP contribution in [0.15, 0.2) is 12.2 Å². The van der Waals surface area contributed by atoms with Gasteiger partial charge in [-0.25, -0.2) is 4.79 Å². The molecule has 0 aromatic heterocycles. The van der Waals surface area contributed by atoms with Gasteiger partial charge in [0.15, 0.2) is 12.6 Å². The molecule has 2 heterocycles. The molecule has 2 fully saturated rings. The number of aliphatic hydroxyl groups excluding tert-OH is 7. The first-order valence-corrected chi connectivity index (χ1v) is 9.65. The van der Waals surface area contributed by atoms with Crippen molar-refractivity contribution in [1.29, 1.82) is 0 Å². The predicted molar refractivity (Wildman–Crippen MR) is 98.1 cm³/mol. The van der Waals surface area contributed by atoms with Gasteiger partial charge in [-0.2, -0.15) is 0 Å². The van der Waals surface area contributed by atoms with Gasteiger partial charge in [0.2, 0.25) is 0 Å². The van der Waals surface area contributed by atoms with Gasteiger partial charge in [-0.1, -0.05) is 6.58 Å². The maximum atomic E-state index is 11.3. The van der Waals surface area contributed by atoms with Crippen LogP contribution in [0.25, 0.3) is 0 Å². The Bertz CT molecular complexity index is 597. The van der Waals surface area contributed by atoms with E-state index >= 15 is 0 Å². The van der Waals surface area contributed by atoms with Crippen molar-refractivity contribution in [1.82, 2.24) is 0 Å². The van der Waals surface area contributed by atoms with Crippen LogP contribution in [0.5, 0.6) is 0 Å². The van der Waals surface area contributed by atoms with Crippen LogP contribution in [0.3, 0.4) is 0 Å². The Hall–Kier alpha value is -1.23. The van der Waals surface area contributed by atoms with Crippen molar-refractivity contribution in [3.8, 4) is 0 Å². The molecule has 0 spiro atoms. The molecule has 13 nitrogen and oxygen atoms in total. The molecule has 10 atom stereocenters. The van der Waals surface area contributed by atoms with Crippen molar-refractivity contribution in [2.45, 2.75) is 68.3 Å². The number of carbonyl (C=O) groups is 1. The molecule has 2 rings (SSSR count). The van der Waals surface area contributed by atoms with Gasteiger partial charge in [0.05, 0.1) is 19.8 Å². The van der Waals surface area contributed by atoms with E-state index in [1.54, 1.807) is 0 Å². The van der Waals surface area contributed by atoms with Crippen LogP contribution in [-0.2, 0) is 28.5 Å². The summed E-state index contributed by atoms with van der Waals surface area (Å²) in [6, 6.07) is 0. The van der Waals surface area contributed by atoms with E-state index < -0.39 is 80.6 Å². The number of ether oxygens (including phenoxy) is 5. The quantitative estimate of drug-likeness (QED) is 0.100. The monoisotopic (exact) mass is 454 g/mol. The lowest BCUT2D eigenvalue weighted by Crippen LogP contribution is -2.64. The maximum Gasteiger partial charge on any atom is 0.333 e. The minimum atomic E-state index is -1.75. The highest BCUT2D eigenvalue weighted by Crippen LogP contribution is 2.29. The van der Waals surface area contributed by atoms with E-state index in [-0.39, 0.29) is 18.8 Å². The van der Waals surface area contributed by atoms with Gasteiger partial charge in [0, 0.05) is 5.57 Å². The number of aliphatic hydroxyl groups is 7. The topological polar surface area (TPSA) is 205 Å². The number of esters is 1. The molecule has 0 saturated carbocycles. The number of rotatable bonds is 9. The lowest BCUT2D eigenvalue weighted by atomic mass is 9.97. The van der Waals surface area contributed by atoms with Crippen molar-refractivity contribution in [3.05, 3.63) is 12.2 Å². The Labute approximate surface area is 178 Å². The van der Waals surface area contributed by atoms with Crippen LogP contribution in [0.1, 0.15) is 6.92 Å². The molecular weight excluding hydrogens is 424 g/mol. The fourth-order valence-corrected chi connectivity index (χ4v) is 3.11. The van der Waals surface area contributed by atoms with E-state index in [1.165, 1.54) is 6.92 Å². The molecule has 0 bridgehead atoms. The van der Waals surface area contributed by atoms with Crippen LogP contribution in [0.2, 0.25) is 0 Å². The molecule has 1 unspecified atom stereocenters. The molecule has 13 heteroatoms. The highest BCUT2D eigenvalue weighted by molar-refractivity contribution is 5.86. The molecule has 7 N–H and O–H groups in total. The molecule has 0 aromatic rings. The summed E-state index contributed by atoms with van der Waals surface area (Å²) in [5.41, 5.74) is 0.193. The molecule has 2 aliphatic rings. The Balaban J connectivity index is 1.97. The number of hydrogen-bond donors (Lipinski definition) is 7. The summed E-state index contributed by atoms with van der Waals surface area (Å²) in [5, 5.41) is 69.3. The van der Waals surface area contributed by atoms with Gasteiger partial charge >= 0.3 is 5.97 Å². The van der Waals surface area contributed by atoms with E-state index in [0.29, 0.717) is 0 Å². The van der Waals surface area contributed by atoms with E-state index in [2.05, 4.69) is 6.58 Å². The first-order chi connectivity index (χ1) is 14.6. The summed E-state index contributed by atoms with van der Waals surface area (Å²) in [6.45, 7) is 3.15. The summed E-state index contributed by atoms with van der Waals surface area (Å²) in [5.74, 6) is -0.630. The molecule has 0 radical (unpaired) electrons. The van der Waals surface area contributed by atoms with E-state index in [4.69, 9.17) is 23.7 Å². The average molecular weight is 454 g/mol. The molecule has 0 aromatic carbocycles. The van der Waals surface area contributed by atoms with Gasteiger partial charge in [0.25, 0.3) is 0 Å². The van der Waals surface area contributed by atoms with Crippen LogP contribution in [-0.4, -0.2) is 130 Å². The zero-order chi connectivity index (χ0) is 23.3. The number of hydrogen-bond acceptors (Lipinski definition) is 13. The fourth-order valence-electron chi connectivity index (χ4n) is 3.11. The lowest BCUT2D eigenvalue weighted by Gasteiger charge is -2.45. The van der Waals surface area contributed by atoms with Crippen LogP contribution < -0.4 is 0 Å². The highest BCUT2D eigenvalue weighted by atomic mass is 16.7. The minimum Gasteiger partial charge on any atom is -0.460 e. The zero-order valence-corrected chi connectivity index (χ0v) is 16.9. The van der Waals surface area contributed by atoms with Gasteiger partial charge in [-0.3, -0.25) is 0 Å². The molecule has 0 aliphatic carbocycles. The van der Waals surface area contributed by atoms with Gasteiger partial charge in [-0.05, 0) is 6.92 Å². The van der Waals surface area contributed by atoms with Crippen molar-refractivity contribution in [3.63, 3.8) is 0 Å². The molecule has 2 saturated heterocycles. The third-order valence-electron chi connectivity index (χ3n) is 4.91. The molecule has 2 aliphatic heterocycles. The zero-order valence-electron chi connectivity index (χ0n) is 16.9. The van der Waals surface area contributed by atoms with Gasteiger partial charge < -0.3 is 59.4 Å². The van der Waals surface area contributed by atoms with E-state index in [9.17, 15) is 40.5 Å². The smallest absolute Gasteiger partial charge is 0.333 e. The summed E-state index contributed by atoms with van der Waals surface area (Å²) in [4.78, 5) is 11.3. The average Bonchev–Trinajstić information content (AvgIpc) is 2.75. The van der Waals surface area contributed by atoms with Crippen LogP contribution >= 0.6 is 0 Å². The second-order valence-corrected chi connectivity index (χ2v) is 7.29. The Kier molecular flexibility index (Phi) is 9.72. The van der Waals surface area contributed by atoms with Crippen molar-refractivity contribution < 1.29 is 64.2 Å². The van der Waals surface area contributed by atoms with E-state index in [1.807, 2.05) is 0 Å². The standard InChI is InChI=1S/C18H30O13/c1-7(2)16(26)27-3-4-28-17-14(25)12(23)15(9(6-20)30-17)31-18-13(24)11(22)10(21)8(5-19)29-18/h8-15,17-25H,1,3-6H2,2H3/t8-,9-,10+,11+,12-,13-,14-,15-,17?,18+/m1/s1. The summed E-state index contributed by atoms with van der Waals surface area (Å²) < 4.78 is 26.1. The molecule has 180 valence electrons. The largest absolute Gasteiger partial charge is 0.460 e. The Morgan fingerprint density at radius 1 is 0.839 bits per heavy atom. The fraction of sp³-hybridized carbons (Fsp3) is 0.833. The van der Waals surface area contributed by atoms with Crippen LogP contribution in [0, 0.1) is 0 Å². The minimum absolute atomic E-state index is 0.178. The van der Waals surface area contributed by atoms with Gasteiger partial charge in [0.1, 0.15) is 55.4 Å². The maximum absolute atomic E-state index is 11.3. The van der Waals surface area contributed by atoms with E-state index in [0.717, 1.165) is 0 Å². The first kappa shape index (κ1) is 26.0. The second-order valence-electron chi connectivity index (χ2n) is 7.29. The highest BCUT2D eigenvalue weighted by Gasteiger charge is 2.50. The van der Waals surface area contributed by atoms with Crippen molar-refractivity contribution >= 4 is 5.97 Å². The molecular formula is C18H30O13. The first-order valence-electron chi connectivity index (χ1n) is 9.65. The third kappa shape index (κ3) is 6.18.